The molecule has 2 rings (SSSR count). The van der Waals surface area contributed by atoms with E-state index in [9.17, 15) is 14.7 Å². The van der Waals surface area contributed by atoms with E-state index < -0.39 is 11.9 Å². The second kappa shape index (κ2) is 4.71. The zero-order valence-electron chi connectivity index (χ0n) is 9.46. The van der Waals surface area contributed by atoms with Crippen LogP contribution < -0.4 is 5.73 Å². The number of hydrogen-bond acceptors (Lipinski definition) is 2. The quantitative estimate of drug-likeness (QED) is 0.863. The van der Waals surface area contributed by atoms with Crippen molar-refractivity contribution in [3.63, 3.8) is 0 Å². The Morgan fingerprint density at radius 1 is 0.889 bits per heavy atom. The molecule has 18 heavy (non-hydrogen) atoms. The highest BCUT2D eigenvalue weighted by Crippen LogP contribution is 2.27. The number of carbonyl (C=O) groups is 2. The van der Waals surface area contributed by atoms with Gasteiger partial charge in [-0.15, -0.1) is 0 Å². The number of primary amides is 1. The zero-order valence-corrected chi connectivity index (χ0v) is 9.46. The van der Waals surface area contributed by atoms with Crippen molar-refractivity contribution in [1.29, 1.82) is 0 Å². The molecule has 90 valence electrons. The third-order valence-electron chi connectivity index (χ3n) is 2.62. The van der Waals surface area contributed by atoms with E-state index in [1.54, 1.807) is 24.3 Å². The summed E-state index contributed by atoms with van der Waals surface area (Å²) in [5.41, 5.74) is 6.58. The van der Waals surface area contributed by atoms with Gasteiger partial charge in [0.1, 0.15) is 0 Å². The smallest absolute Gasteiger partial charge is 0.336 e. The predicted octanol–water partition coefficient (Wildman–Crippen LogP) is 2.15. The van der Waals surface area contributed by atoms with E-state index in [4.69, 9.17) is 5.73 Å². The van der Waals surface area contributed by atoms with Crippen molar-refractivity contribution in [3.05, 3.63) is 59.7 Å². The highest BCUT2D eigenvalue weighted by atomic mass is 16.4. The normalized spacial score (nSPS) is 10.0. The lowest BCUT2D eigenvalue weighted by Crippen LogP contribution is -2.14. The Morgan fingerprint density at radius 3 is 2.06 bits per heavy atom. The summed E-state index contributed by atoms with van der Waals surface area (Å²) in [6.45, 7) is 0. The average molecular weight is 241 g/mol. The van der Waals surface area contributed by atoms with Crippen LogP contribution in [0.3, 0.4) is 0 Å². The van der Waals surface area contributed by atoms with Gasteiger partial charge in [-0.1, -0.05) is 36.4 Å². The molecule has 0 radical (unpaired) electrons. The molecule has 1 amide bonds. The maximum atomic E-state index is 11.4. The Hall–Kier alpha value is -2.62. The molecule has 0 aliphatic rings. The Morgan fingerprint density at radius 2 is 1.50 bits per heavy atom. The van der Waals surface area contributed by atoms with Crippen molar-refractivity contribution in [2.45, 2.75) is 0 Å². The fourth-order valence-electron chi connectivity index (χ4n) is 1.85. The van der Waals surface area contributed by atoms with Crippen LogP contribution in [0.1, 0.15) is 20.7 Å². The number of carbonyl (C=O) groups excluding carboxylic acids is 1. The lowest BCUT2D eigenvalue weighted by atomic mass is 9.94. The summed E-state index contributed by atoms with van der Waals surface area (Å²) in [6, 6.07) is 13.3. The summed E-state index contributed by atoms with van der Waals surface area (Å²) >= 11 is 0. The van der Waals surface area contributed by atoms with Gasteiger partial charge in [0.15, 0.2) is 0 Å². The molecule has 0 aliphatic heterocycles. The first-order valence-corrected chi connectivity index (χ1v) is 5.33. The van der Waals surface area contributed by atoms with Crippen LogP contribution in [-0.2, 0) is 0 Å². The van der Waals surface area contributed by atoms with E-state index >= 15 is 0 Å². The molecule has 0 atom stereocenters. The SMILES string of the molecule is NC(=O)c1cccc(C(=O)O)c1-c1ccccc1. The zero-order chi connectivity index (χ0) is 13.1. The van der Waals surface area contributed by atoms with Crippen molar-refractivity contribution in [3.8, 4) is 11.1 Å². The number of nitrogens with two attached hydrogens (primary N) is 1. The molecule has 0 aliphatic carbocycles. The maximum absolute atomic E-state index is 11.4. The van der Waals surface area contributed by atoms with Gasteiger partial charge in [0, 0.05) is 11.1 Å². The third kappa shape index (κ3) is 2.08. The number of hydrogen-bond donors (Lipinski definition) is 2. The van der Waals surface area contributed by atoms with Gasteiger partial charge >= 0.3 is 5.97 Å². The van der Waals surface area contributed by atoms with Gasteiger partial charge in [-0.2, -0.15) is 0 Å². The largest absolute Gasteiger partial charge is 0.478 e. The average Bonchev–Trinajstić information content (AvgIpc) is 2.38. The van der Waals surface area contributed by atoms with Gasteiger partial charge in [-0.05, 0) is 17.7 Å². The molecule has 0 fully saturated rings. The Kier molecular flexibility index (Phi) is 3.10. The monoisotopic (exact) mass is 241 g/mol. The van der Waals surface area contributed by atoms with E-state index in [1.807, 2.05) is 6.07 Å². The van der Waals surface area contributed by atoms with Gasteiger partial charge in [0.05, 0.1) is 5.56 Å². The van der Waals surface area contributed by atoms with Crippen molar-refractivity contribution in [2.24, 2.45) is 5.73 Å². The Bertz CT molecular complexity index is 573. The second-order valence-electron chi connectivity index (χ2n) is 3.76. The van der Waals surface area contributed by atoms with Gasteiger partial charge in [0.2, 0.25) is 5.91 Å². The Balaban J connectivity index is 2.77. The van der Waals surface area contributed by atoms with Crippen molar-refractivity contribution in [2.75, 3.05) is 0 Å². The van der Waals surface area contributed by atoms with Gasteiger partial charge in [-0.3, -0.25) is 4.79 Å². The van der Waals surface area contributed by atoms with Crippen LogP contribution in [0.2, 0.25) is 0 Å². The second-order valence-corrected chi connectivity index (χ2v) is 3.76. The first kappa shape index (κ1) is 11.9. The molecule has 2 aromatic rings. The fourth-order valence-corrected chi connectivity index (χ4v) is 1.85. The molecule has 0 unspecified atom stereocenters. The molecule has 0 spiro atoms. The maximum Gasteiger partial charge on any atom is 0.336 e. The number of rotatable bonds is 3. The minimum atomic E-state index is -1.09. The van der Waals surface area contributed by atoms with Crippen LogP contribution in [0.25, 0.3) is 11.1 Å². The number of benzene rings is 2. The molecule has 0 heterocycles. The molecule has 2 aromatic carbocycles. The van der Waals surface area contributed by atoms with Crippen LogP contribution in [-0.4, -0.2) is 17.0 Å². The summed E-state index contributed by atoms with van der Waals surface area (Å²) in [5.74, 6) is -1.73. The molecule has 0 saturated heterocycles. The van der Waals surface area contributed by atoms with E-state index in [0.717, 1.165) is 0 Å². The van der Waals surface area contributed by atoms with Gasteiger partial charge < -0.3 is 10.8 Å². The topological polar surface area (TPSA) is 80.4 Å². The first-order valence-electron chi connectivity index (χ1n) is 5.33. The number of carboxylic acid groups (broad SMARTS) is 1. The summed E-state index contributed by atoms with van der Waals surface area (Å²) in [7, 11) is 0. The van der Waals surface area contributed by atoms with Crippen molar-refractivity contribution < 1.29 is 14.7 Å². The molecule has 4 heteroatoms. The minimum Gasteiger partial charge on any atom is -0.478 e. The lowest BCUT2D eigenvalue weighted by molar-refractivity contribution is 0.0697. The van der Waals surface area contributed by atoms with E-state index in [1.165, 1.54) is 18.2 Å². The summed E-state index contributed by atoms with van der Waals surface area (Å²) in [6.07, 6.45) is 0. The molecule has 0 bridgehead atoms. The molecule has 3 N–H and O–H groups in total. The van der Waals surface area contributed by atoms with Crippen molar-refractivity contribution in [1.82, 2.24) is 0 Å². The minimum absolute atomic E-state index is 0.0671. The van der Waals surface area contributed by atoms with Crippen LogP contribution in [0.4, 0.5) is 0 Å². The van der Waals surface area contributed by atoms with Crippen LogP contribution in [0, 0.1) is 0 Å². The molecule has 0 aromatic heterocycles. The number of aromatic carboxylic acids is 1. The van der Waals surface area contributed by atoms with E-state index in [2.05, 4.69) is 0 Å². The first-order chi connectivity index (χ1) is 8.61. The predicted molar refractivity (Wildman–Crippen MR) is 67.4 cm³/mol. The van der Waals surface area contributed by atoms with Gasteiger partial charge in [0.25, 0.3) is 0 Å². The lowest BCUT2D eigenvalue weighted by Gasteiger charge is -2.10. The highest BCUT2D eigenvalue weighted by molar-refractivity contribution is 6.06. The third-order valence-corrected chi connectivity index (χ3v) is 2.62. The van der Waals surface area contributed by atoms with E-state index in [-0.39, 0.29) is 11.1 Å². The molecule has 4 nitrogen and oxygen atoms in total. The van der Waals surface area contributed by atoms with Crippen molar-refractivity contribution >= 4 is 11.9 Å². The summed E-state index contributed by atoms with van der Waals surface area (Å²) in [5, 5.41) is 9.18. The fraction of sp³-hybridized carbons (Fsp3) is 0. The van der Waals surface area contributed by atoms with E-state index in [0.29, 0.717) is 11.1 Å². The van der Waals surface area contributed by atoms with Gasteiger partial charge in [-0.25, -0.2) is 4.79 Å². The number of carboxylic acids is 1. The molecule has 0 saturated carbocycles. The highest BCUT2D eigenvalue weighted by Gasteiger charge is 2.17. The standard InChI is InChI=1S/C14H11NO3/c15-13(16)10-7-4-8-11(14(17)18)12(10)9-5-2-1-3-6-9/h1-8H,(H2,15,16)(H,17,18). The Labute approximate surface area is 104 Å². The molecular weight excluding hydrogens is 230 g/mol. The van der Waals surface area contributed by atoms with Crippen LogP contribution in [0.5, 0.6) is 0 Å². The summed E-state index contributed by atoms with van der Waals surface area (Å²) < 4.78 is 0. The summed E-state index contributed by atoms with van der Waals surface area (Å²) in [4.78, 5) is 22.6. The number of amides is 1. The van der Waals surface area contributed by atoms with Crippen LogP contribution in [0.15, 0.2) is 48.5 Å². The molecular formula is C14H11NO3. The van der Waals surface area contributed by atoms with Crippen LogP contribution >= 0.6 is 0 Å².